The van der Waals surface area contributed by atoms with Crippen LogP contribution in [-0.2, 0) is 0 Å². The van der Waals surface area contributed by atoms with Gasteiger partial charge >= 0.3 is 0 Å². The number of hydrogen-bond donors (Lipinski definition) is 1. The minimum Gasteiger partial charge on any atom is -0.328 e. The molecule has 2 N–H and O–H groups in total. The molecule has 0 aromatic rings. The SMILES string of the molecule is CC.CN1CCC(CSN2C3CC[C@@H]2CC(N)C3)CC1. The highest BCUT2D eigenvalue weighted by atomic mass is 32.2. The number of rotatable bonds is 3. The third-order valence-electron chi connectivity index (χ3n) is 5.00. The van der Waals surface area contributed by atoms with Crippen LogP contribution >= 0.6 is 11.9 Å². The van der Waals surface area contributed by atoms with Gasteiger partial charge in [0.15, 0.2) is 0 Å². The molecule has 3 saturated heterocycles. The van der Waals surface area contributed by atoms with Gasteiger partial charge in [-0.1, -0.05) is 25.8 Å². The standard InChI is InChI=1S/C14H27N3S.C2H6/c1-16-6-4-11(5-7-16)10-18-17-13-2-3-14(17)9-12(15)8-13;1-2/h11-14H,2-10,15H2,1H3;1-2H3/t12?,13-,14?;/m1./s1. The van der Waals surface area contributed by atoms with E-state index in [0.29, 0.717) is 6.04 Å². The maximum Gasteiger partial charge on any atom is 0.0221 e. The first-order chi connectivity index (χ1) is 9.72. The lowest BCUT2D eigenvalue weighted by Gasteiger charge is -2.38. The van der Waals surface area contributed by atoms with E-state index in [9.17, 15) is 0 Å². The van der Waals surface area contributed by atoms with Crippen molar-refractivity contribution in [3.05, 3.63) is 0 Å². The van der Waals surface area contributed by atoms with Gasteiger partial charge in [0.1, 0.15) is 0 Å². The Morgan fingerprint density at radius 3 is 2.10 bits per heavy atom. The molecule has 0 aromatic carbocycles. The second-order valence-corrected chi connectivity index (χ2v) is 7.53. The van der Waals surface area contributed by atoms with Crippen LogP contribution in [0.5, 0.6) is 0 Å². The Kier molecular flexibility index (Phi) is 6.66. The lowest BCUT2D eigenvalue weighted by molar-refractivity contribution is 0.226. The summed E-state index contributed by atoms with van der Waals surface area (Å²) in [7, 11) is 2.25. The summed E-state index contributed by atoms with van der Waals surface area (Å²) in [6, 6.07) is 2.05. The van der Waals surface area contributed by atoms with Crippen LogP contribution in [0.4, 0.5) is 0 Å². The summed E-state index contributed by atoms with van der Waals surface area (Å²) in [6.45, 7) is 6.59. The smallest absolute Gasteiger partial charge is 0.0221 e. The largest absolute Gasteiger partial charge is 0.328 e. The molecule has 3 fully saturated rings. The van der Waals surface area contributed by atoms with E-state index < -0.39 is 0 Å². The van der Waals surface area contributed by atoms with Crippen LogP contribution in [0, 0.1) is 5.92 Å². The molecule has 3 rings (SSSR count). The number of fused-ring (bicyclic) bond motifs is 2. The molecule has 0 spiro atoms. The summed E-state index contributed by atoms with van der Waals surface area (Å²) >= 11 is 2.15. The van der Waals surface area contributed by atoms with Gasteiger partial charge in [0, 0.05) is 23.9 Å². The van der Waals surface area contributed by atoms with Gasteiger partial charge < -0.3 is 10.6 Å². The molecule has 3 aliphatic heterocycles. The summed E-state index contributed by atoms with van der Waals surface area (Å²) in [4.78, 5) is 2.46. The Morgan fingerprint density at radius 2 is 1.55 bits per heavy atom. The van der Waals surface area contributed by atoms with Gasteiger partial charge in [-0.3, -0.25) is 0 Å². The lowest BCUT2D eigenvalue weighted by Crippen LogP contribution is -2.44. The first-order valence-corrected chi connectivity index (χ1v) is 9.52. The molecule has 3 nitrogen and oxygen atoms in total. The fraction of sp³-hybridized carbons (Fsp3) is 1.00. The molecule has 2 unspecified atom stereocenters. The number of nitrogens with zero attached hydrogens (tertiary/aromatic N) is 2. The fourth-order valence-electron chi connectivity index (χ4n) is 3.81. The van der Waals surface area contributed by atoms with Crippen molar-refractivity contribution < 1.29 is 0 Å². The first kappa shape index (κ1) is 16.6. The van der Waals surface area contributed by atoms with E-state index >= 15 is 0 Å². The van der Waals surface area contributed by atoms with Crippen molar-refractivity contribution in [3.8, 4) is 0 Å². The summed E-state index contributed by atoms with van der Waals surface area (Å²) in [5.74, 6) is 2.29. The predicted molar refractivity (Wildman–Crippen MR) is 89.9 cm³/mol. The van der Waals surface area contributed by atoms with Gasteiger partial charge in [0.25, 0.3) is 0 Å². The number of hydrogen-bond acceptors (Lipinski definition) is 4. The van der Waals surface area contributed by atoms with Gasteiger partial charge in [-0.15, -0.1) is 0 Å². The van der Waals surface area contributed by atoms with Crippen LogP contribution in [0.15, 0.2) is 0 Å². The van der Waals surface area contributed by atoms with Gasteiger partial charge in [-0.2, -0.15) is 0 Å². The molecule has 4 heteroatoms. The Hall–Kier alpha value is 0.230. The number of nitrogens with two attached hydrogens (primary N) is 1. The minimum atomic E-state index is 0.475. The molecule has 0 aliphatic carbocycles. The molecule has 0 saturated carbocycles. The van der Waals surface area contributed by atoms with Crippen molar-refractivity contribution in [1.29, 1.82) is 0 Å². The van der Waals surface area contributed by atoms with Crippen LogP contribution in [0.2, 0.25) is 0 Å². The van der Waals surface area contributed by atoms with Crippen molar-refractivity contribution in [2.75, 3.05) is 25.9 Å². The van der Waals surface area contributed by atoms with E-state index in [1.54, 1.807) is 0 Å². The third-order valence-corrected chi connectivity index (χ3v) is 6.51. The monoisotopic (exact) mass is 299 g/mol. The maximum absolute atomic E-state index is 6.13. The zero-order valence-electron chi connectivity index (χ0n) is 13.6. The second-order valence-electron chi connectivity index (χ2n) is 6.52. The Labute approximate surface area is 129 Å². The molecule has 118 valence electrons. The Morgan fingerprint density at radius 1 is 1.00 bits per heavy atom. The normalized spacial score (nSPS) is 35.7. The molecule has 3 heterocycles. The Bertz CT molecular complexity index is 265. The maximum atomic E-state index is 6.13. The van der Waals surface area contributed by atoms with E-state index in [2.05, 4.69) is 28.2 Å². The highest BCUT2D eigenvalue weighted by molar-refractivity contribution is 7.97. The summed E-state index contributed by atoms with van der Waals surface area (Å²) < 4.78 is 2.72. The van der Waals surface area contributed by atoms with Crippen molar-refractivity contribution in [3.63, 3.8) is 0 Å². The van der Waals surface area contributed by atoms with Crippen LogP contribution in [-0.4, -0.2) is 53.2 Å². The number of likely N-dealkylation sites (tertiary alicyclic amines) is 1. The molecule has 3 atom stereocenters. The molecule has 0 aromatic heterocycles. The van der Waals surface area contributed by atoms with Crippen LogP contribution in [0.3, 0.4) is 0 Å². The zero-order valence-corrected chi connectivity index (χ0v) is 14.4. The molecule has 0 amide bonds. The quantitative estimate of drug-likeness (QED) is 0.812. The molecule has 2 bridgehead atoms. The van der Waals surface area contributed by atoms with Gasteiger partial charge in [-0.25, -0.2) is 4.31 Å². The minimum absolute atomic E-state index is 0.475. The van der Waals surface area contributed by atoms with Gasteiger partial charge in [-0.05, 0) is 64.6 Å². The van der Waals surface area contributed by atoms with E-state index in [-0.39, 0.29) is 0 Å². The highest BCUT2D eigenvalue weighted by Gasteiger charge is 2.40. The average Bonchev–Trinajstić information content (AvgIpc) is 2.71. The van der Waals surface area contributed by atoms with Crippen molar-refractivity contribution in [2.24, 2.45) is 11.7 Å². The van der Waals surface area contributed by atoms with E-state index in [1.165, 1.54) is 57.4 Å². The zero-order chi connectivity index (χ0) is 14.5. The van der Waals surface area contributed by atoms with Crippen LogP contribution in [0.1, 0.15) is 52.4 Å². The molecular formula is C16H33N3S. The summed E-state index contributed by atoms with van der Waals surface area (Å²) in [5, 5.41) is 0. The summed E-state index contributed by atoms with van der Waals surface area (Å²) in [6.07, 6.45) is 8.03. The van der Waals surface area contributed by atoms with E-state index in [4.69, 9.17) is 5.73 Å². The molecular weight excluding hydrogens is 266 g/mol. The van der Waals surface area contributed by atoms with Gasteiger partial charge in [0.05, 0.1) is 0 Å². The topological polar surface area (TPSA) is 32.5 Å². The van der Waals surface area contributed by atoms with Crippen molar-refractivity contribution >= 4 is 11.9 Å². The summed E-state index contributed by atoms with van der Waals surface area (Å²) in [5.41, 5.74) is 6.13. The van der Waals surface area contributed by atoms with Gasteiger partial charge in [0.2, 0.25) is 0 Å². The highest BCUT2D eigenvalue weighted by Crippen LogP contribution is 2.40. The van der Waals surface area contributed by atoms with Crippen molar-refractivity contribution in [1.82, 2.24) is 9.21 Å². The predicted octanol–water partition coefficient (Wildman–Crippen LogP) is 2.96. The van der Waals surface area contributed by atoms with Crippen LogP contribution in [0.25, 0.3) is 0 Å². The molecule has 3 aliphatic rings. The number of piperidine rings is 2. The lowest BCUT2D eigenvalue weighted by atomic mass is 10.00. The molecule has 20 heavy (non-hydrogen) atoms. The third kappa shape index (κ3) is 4.12. The fourth-order valence-corrected chi connectivity index (χ4v) is 5.33. The average molecular weight is 300 g/mol. The molecule has 0 radical (unpaired) electrons. The van der Waals surface area contributed by atoms with E-state index in [0.717, 1.165) is 18.0 Å². The van der Waals surface area contributed by atoms with E-state index in [1.807, 2.05) is 13.8 Å². The van der Waals surface area contributed by atoms with Crippen molar-refractivity contribution in [2.45, 2.75) is 70.5 Å². The van der Waals surface area contributed by atoms with Crippen LogP contribution < -0.4 is 5.73 Å². The Balaban J connectivity index is 0.000000704. The first-order valence-electron chi connectivity index (χ1n) is 8.57. The second kappa shape index (κ2) is 8.02.